The Kier molecular flexibility index (Phi) is 5.68. The number of benzene rings is 2. The molecule has 1 aliphatic heterocycles. The Balaban J connectivity index is 1.78. The molecule has 28 heavy (non-hydrogen) atoms. The quantitative estimate of drug-likeness (QED) is 0.776. The van der Waals surface area contributed by atoms with Gasteiger partial charge in [-0.05, 0) is 49.6 Å². The van der Waals surface area contributed by atoms with Crippen LogP contribution in [0.15, 0.2) is 53.7 Å². The SMILES string of the molecule is COC(=O)C1=C(C)NC(=O)NC1c1ccc(OCc2cc(C)ccc2C)cc1. The van der Waals surface area contributed by atoms with Crippen LogP contribution in [0, 0.1) is 13.8 Å². The zero-order valence-corrected chi connectivity index (χ0v) is 16.5. The summed E-state index contributed by atoms with van der Waals surface area (Å²) < 4.78 is 10.8. The first kappa shape index (κ1) is 19.5. The molecule has 6 nitrogen and oxygen atoms in total. The van der Waals surface area contributed by atoms with Crippen LogP contribution < -0.4 is 15.4 Å². The van der Waals surface area contributed by atoms with E-state index in [1.807, 2.05) is 24.3 Å². The van der Waals surface area contributed by atoms with E-state index in [9.17, 15) is 9.59 Å². The summed E-state index contributed by atoms with van der Waals surface area (Å²) in [6, 6.07) is 12.7. The maximum absolute atomic E-state index is 12.2. The van der Waals surface area contributed by atoms with Crippen LogP contribution in [-0.2, 0) is 16.1 Å². The summed E-state index contributed by atoms with van der Waals surface area (Å²) in [5, 5.41) is 5.38. The molecule has 0 fully saturated rings. The molecule has 0 spiro atoms. The van der Waals surface area contributed by atoms with Crippen molar-refractivity contribution < 1.29 is 19.1 Å². The van der Waals surface area contributed by atoms with E-state index in [0.29, 0.717) is 23.6 Å². The molecule has 0 aromatic heterocycles. The van der Waals surface area contributed by atoms with Crippen molar-refractivity contribution in [2.75, 3.05) is 7.11 Å². The number of methoxy groups -OCH3 is 1. The monoisotopic (exact) mass is 380 g/mol. The van der Waals surface area contributed by atoms with E-state index in [1.165, 1.54) is 18.2 Å². The number of esters is 1. The van der Waals surface area contributed by atoms with Gasteiger partial charge in [0.1, 0.15) is 12.4 Å². The van der Waals surface area contributed by atoms with Gasteiger partial charge in [0, 0.05) is 5.70 Å². The van der Waals surface area contributed by atoms with E-state index in [0.717, 1.165) is 11.1 Å². The molecule has 0 aliphatic carbocycles. The Morgan fingerprint density at radius 1 is 1.07 bits per heavy atom. The van der Waals surface area contributed by atoms with E-state index in [4.69, 9.17) is 9.47 Å². The molecule has 0 saturated carbocycles. The molecule has 0 saturated heterocycles. The topological polar surface area (TPSA) is 76.7 Å². The number of nitrogens with one attached hydrogen (secondary N) is 2. The molecule has 3 rings (SSSR count). The summed E-state index contributed by atoms with van der Waals surface area (Å²) in [4.78, 5) is 24.0. The number of urea groups is 1. The van der Waals surface area contributed by atoms with Crippen LogP contribution in [0.4, 0.5) is 4.79 Å². The summed E-state index contributed by atoms with van der Waals surface area (Å²) in [6.07, 6.45) is 0. The molecule has 1 heterocycles. The Bertz CT molecular complexity index is 932. The van der Waals surface area contributed by atoms with Crippen molar-refractivity contribution in [2.24, 2.45) is 0 Å². The van der Waals surface area contributed by atoms with Crippen molar-refractivity contribution in [1.29, 1.82) is 0 Å². The average Bonchev–Trinajstić information content (AvgIpc) is 2.68. The first-order valence-corrected chi connectivity index (χ1v) is 9.04. The van der Waals surface area contributed by atoms with Gasteiger partial charge in [-0.15, -0.1) is 0 Å². The minimum absolute atomic E-state index is 0.356. The molecule has 2 aromatic carbocycles. The highest BCUT2D eigenvalue weighted by molar-refractivity contribution is 5.94. The first-order chi connectivity index (χ1) is 13.4. The Morgan fingerprint density at radius 3 is 2.46 bits per heavy atom. The van der Waals surface area contributed by atoms with E-state index in [-0.39, 0.29) is 6.03 Å². The first-order valence-electron chi connectivity index (χ1n) is 9.04. The van der Waals surface area contributed by atoms with Gasteiger partial charge in [0.25, 0.3) is 0 Å². The molecule has 0 bridgehead atoms. The van der Waals surface area contributed by atoms with Crippen molar-refractivity contribution >= 4 is 12.0 Å². The van der Waals surface area contributed by atoms with Crippen molar-refractivity contribution in [1.82, 2.24) is 10.6 Å². The van der Waals surface area contributed by atoms with E-state index < -0.39 is 12.0 Å². The van der Waals surface area contributed by atoms with Crippen LogP contribution in [0.25, 0.3) is 0 Å². The maximum atomic E-state index is 12.2. The van der Waals surface area contributed by atoms with Crippen LogP contribution in [0.1, 0.15) is 35.2 Å². The molecule has 0 radical (unpaired) electrons. The maximum Gasteiger partial charge on any atom is 0.337 e. The number of amides is 2. The molecule has 2 aromatic rings. The summed E-state index contributed by atoms with van der Waals surface area (Å²) in [6.45, 7) is 6.27. The zero-order chi connectivity index (χ0) is 20.3. The number of allylic oxidation sites excluding steroid dienone is 1. The fraction of sp³-hybridized carbons (Fsp3) is 0.273. The lowest BCUT2D eigenvalue weighted by molar-refractivity contribution is -0.136. The van der Waals surface area contributed by atoms with E-state index >= 15 is 0 Å². The van der Waals surface area contributed by atoms with Gasteiger partial charge < -0.3 is 20.1 Å². The third kappa shape index (κ3) is 4.17. The summed E-state index contributed by atoms with van der Waals surface area (Å²) in [5.41, 5.74) is 5.15. The molecule has 2 N–H and O–H groups in total. The van der Waals surface area contributed by atoms with Crippen LogP contribution in [0.2, 0.25) is 0 Å². The number of hydrogen-bond donors (Lipinski definition) is 2. The van der Waals surface area contributed by atoms with Gasteiger partial charge in [-0.25, -0.2) is 9.59 Å². The van der Waals surface area contributed by atoms with Gasteiger partial charge in [-0.2, -0.15) is 0 Å². The van der Waals surface area contributed by atoms with Crippen molar-refractivity contribution in [3.05, 3.63) is 76.0 Å². The molecule has 1 unspecified atom stereocenters. The molecule has 1 atom stereocenters. The van der Waals surface area contributed by atoms with E-state index in [1.54, 1.807) is 6.92 Å². The van der Waals surface area contributed by atoms with Crippen LogP contribution in [0.3, 0.4) is 0 Å². The number of carbonyl (C=O) groups is 2. The van der Waals surface area contributed by atoms with Crippen LogP contribution >= 0.6 is 0 Å². The number of carbonyl (C=O) groups excluding carboxylic acids is 2. The third-order valence-corrected chi connectivity index (χ3v) is 4.79. The van der Waals surface area contributed by atoms with Crippen molar-refractivity contribution in [3.63, 3.8) is 0 Å². The highest BCUT2D eigenvalue weighted by Crippen LogP contribution is 2.29. The predicted octanol–water partition coefficient (Wildman–Crippen LogP) is 3.68. The van der Waals surface area contributed by atoms with E-state index in [2.05, 4.69) is 42.7 Å². The molecular weight excluding hydrogens is 356 g/mol. The number of rotatable bonds is 5. The Labute approximate surface area is 164 Å². The lowest BCUT2D eigenvalue weighted by Crippen LogP contribution is -2.45. The fourth-order valence-corrected chi connectivity index (χ4v) is 3.20. The van der Waals surface area contributed by atoms with Gasteiger partial charge >= 0.3 is 12.0 Å². The second-order valence-corrected chi connectivity index (χ2v) is 6.85. The van der Waals surface area contributed by atoms with Crippen LogP contribution in [0.5, 0.6) is 5.75 Å². The Hall–Kier alpha value is -3.28. The van der Waals surface area contributed by atoms with Gasteiger partial charge in [-0.1, -0.05) is 35.9 Å². The fourth-order valence-electron chi connectivity index (χ4n) is 3.20. The van der Waals surface area contributed by atoms with Gasteiger partial charge in [-0.3, -0.25) is 0 Å². The summed E-state index contributed by atoms with van der Waals surface area (Å²) in [7, 11) is 1.32. The summed E-state index contributed by atoms with van der Waals surface area (Å²) >= 11 is 0. The molecule has 1 aliphatic rings. The molecule has 146 valence electrons. The van der Waals surface area contributed by atoms with Gasteiger partial charge in [0.05, 0.1) is 18.7 Å². The zero-order valence-electron chi connectivity index (χ0n) is 16.5. The number of hydrogen-bond acceptors (Lipinski definition) is 4. The van der Waals surface area contributed by atoms with Gasteiger partial charge in [0.2, 0.25) is 0 Å². The van der Waals surface area contributed by atoms with Crippen molar-refractivity contribution in [2.45, 2.75) is 33.4 Å². The standard InChI is InChI=1S/C22H24N2O4/c1-13-5-6-14(2)17(11-13)12-28-18-9-7-16(8-10-18)20-19(21(25)27-4)15(3)23-22(26)24-20/h5-11,20H,12H2,1-4H3,(H2,23,24,26). The lowest BCUT2D eigenvalue weighted by Gasteiger charge is -2.27. The smallest absolute Gasteiger partial charge is 0.337 e. The second-order valence-electron chi connectivity index (χ2n) is 6.85. The minimum atomic E-state index is -0.575. The average molecular weight is 380 g/mol. The highest BCUT2D eigenvalue weighted by atomic mass is 16.5. The normalized spacial score (nSPS) is 16.3. The lowest BCUT2D eigenvalue weighted by atomic mass is 9.95. The Morgan fingerprint density at radius 2 is 1.79 bits per heavy atom. The van der Waals surface area contributed by atoms with Crippen molar-refractivity contribution in [3.8, 4) is 5.75 Å². The largest absolute Gasteiger partial charge is 0.489 e. The number of aryl methyl sites for hydroxylation is 2. The number of ether oxygens (including phenoxy) is 2. The predicted molar refractivity (Wildman–Crippen MR) is 106 cm³/mol. The molecular formula is C22H24N2O4. The van der Waals surface area contributed by atoms with Crippen LogP contribution in [-0.4, -0.2) is 19.1 Å². The molecule has 6 heteroatoms. The highest BCUT2D eigenvalue weighted by Gasteiger charge is 2.31. The third-order valence-electron chi connectivity index (χ3n) is 4.79. The summed E-state index contributed by atoms with van der Waals surface area (Å²) in [5.74, 6) is 0.232. The minimum Gasteiger partial charge on any atom is -0.489 e. The second kappa shape index (κ2) is 8.17. The molecule has 2 amide bonds. The van der Waals surface area contributed by atoms with Gasteiger partial charge in [0.15, 0.2) is 0 Å².